The summed E-state index contributed by atoms with van der Waals surface area (Å²) >= 11 is 1.68. The summed E-state index contributed by atoms with van der Waals surface area (Å²) in [7, 11) is 0. The third-order valence-corrected chi connectivity index (χ3v) is 4.01. The summed E-state index contributed by atoms with van der Waals surface area (Å²) in [5.41, 5.74) is 2.90. The van der Waals surface area contributed by atoms with Gasteiger partial charge in [-0.3, -0.25) is 0 Å². The van der Waals surface area contributed by atoms with E-state index < -0.39 is 6.10 Å². The van der Waals surface area contributed by atoms with E-state index in [0.29, 0.717) is 6.61 Å². The Kier molecular flexibility index (Phi) is 5.15. The van der Waals surface area contributed by atoms with Gasteiger partial charge in [0.1, 0.15) is 12.4 Å². The number of aliphatic hydroxyl groups is 1. The van der Waals surface area contributed by atoms with Crippen LogP contribution in [0.5, 0.6) is 5.75 Å². The van der Waals surface area contributed by atoms with Crippen molar-refractivity contribution >= 4 is 11.3 Å². The molecule has 2 aromatic rings. The van der Waals surface area contributed by atoms with Crippen LogP contribution in [0.25, 0.3) is 0 Å². The lowest BCUT2D eigenvalue weighted by Crippen LogP contribution is -2.02. The van der Waals surface area contributed by atoms with Crippen LogP contribution in [-0.2, 0) is 13.0 Å². The quantitative estimate of drug-likeness (QED) is 0.873. The van der Waals surface area contributed by atoms with Crippen molar-refractivity contribution < 1.29 is 9.84 Å². The molecular formula is C16H21NO2S. The van der Waals surface area contributed by atoms with Gasteiger partial charge in [0.05, 0.1) is 16.8 Å². The van der Waals surface area contributed by atoms with Gasteiger partial charge in [-0.05, 0) is 38.8 Å². The smallest absolute Gasteiger partial charge is 0.131 e. The molecule has 0 saturated carbocycles. The van der Waals surface area contributed by atoms with E-state index in [4.69, 9.17) is 4.74 Å². The molecule has 1 aromatic heterocycles. The Morgan fingerprint density at radius 3 is 2.90 bits per heavy atom. The molecule has 2 rings (SSSR count). The maximum atomic E-state index is 9.81. The highest BCUT2D eigenvalue weighted by atomic mass is 32.1. The molecular weight excluding hydrogens is 270 g/mol. The van der Waals surface area contributed by atoms with E-state index in [-0.39, 0.29) is 0 Å². The number of nitrogens with zero attached hydrogens (tertiary/aromatic N) is 1. The second-order valence-corrected chi connectivity index (χ2v) is 5.93. The minimum absolute atomic E-state index is 0.447. The molecule has 0 saturated heterocycles. The Balaban J connectivity index is 2.06. The van der Waals surface area contributed by atoms with Crippen molar-refractivity contribution in [1.29, 1.82) is 0 Å². The molecule has 0 aliphatic heterocycles. The van der Waals surface area contributed by atoms with Gasteiger partial charge in [0, 0.05) is 10.9 Å². The van der Waals surface area contributed by atoms with Crippen molar-refractivity contribution in [2.24, 2.45) is 0 Å². The van der Waals surface area contributed by atoms with Crippen LogP contribution in [0.15, 0.2) is 23.6 Å². The third kappa shape index (κ3) is 3.81. The van der Waals surface area contributed by atoms with E-state index in [1.54, 1.807) is 18.3 Å². The van der Waals surface area contributed by atoms with Crippen LogP contribution in [0.3, 0.4) is 0 Å². The molecule has 0 unspecified atom stereocenters. The van der Waals surface area contributed by atoms with Crippen molar-refractivity contribution in [2.45, 2.75) is 46.3 Å². The fourth-order valence-electron chi connectivity index (χ4n) is 2.02. The molecule has 4 heteroatoms. The molecule has 0 amide bonds. The molecule has 0 fully saturated rings. The maximum Gasteiger partial charge on any atom is 0.131 e. The van der Waals surface area contributed by atoms with Gasteiger partial charge >= 0.3 is 0 Å². The first kappa shape index (κ1) is 15.0. The van der Waals surface area contributed by atoms with E-state index in [9.17, 15) is 5.11 Å². The van der Waals surface area contributed by atoms with Gasteiger partial charge in [0.2, 0.25) is 0 Å². The molecule has 0 spiro atoms. The van der Waals surface area contributed by atoms with Crippen LogP contribution < -0.4 is 4.74 Å². The highest BCUT2D eigenvalue weighted by Gasteiger charge is 2.10. The van der Waals surface area contributed by atoms with Gasteiger partial charge < -0.3 is 9.84 Å². The van der Waals surface area contributed by atoms with Crippen molar-refractivity contribution in [2.75, 3.05) is 0 Å². The average Bonchev–Trinajstić information content (AvgIpc) is 2.85. The summed E-state index contributed by atoms with van der Waals surface area (Å²) in [6.45, 7) is 6.36. The van der Waals surface area contributed by atoms with E-state index in [0.717, 1.165) is 40.4 Å². The predicted molar refractivity (Wildman–Crippen MR) is 82.3 cm³/mol. The standard InChI is InChI=1S/C16H21NO2S/c1-4-5-16-17-13(10-20-16)9-19-15-7-6-11(2)8-14(15)12(3)18/h6-8,10,12,18H,4-5,9H2,1-3H3/t12-/m1/s1. The van der Waals surface area contributed by atoms with Gasteiger partial charge in [-0.1, -0.05) is 18.6 Å². The SMILES string of the molecule is CCCc1nc(COc2ccc(C)cc2[C@@H](C)O)cs1. The van der Waals surface area contributed by atoms with Crippen molar-refractivity contribution in [3.05, 3.63) is 45.4 Å². The zero-order valence-electron chi connectivity index (χ0n) is 12.2. The van der Waals surface area contributed by atoms with E-state index in [2.05, 4.69) is 11.9 Å². The number of aromatic nitrogens is 1. The number of rotatable bonds is 6. The van der Waals surface area contributed by atoms with Crippen LogP contribution in [0, 0.1) is 6.92 Å². The number of aliphatic hydroxyl groups excluding tert-OH is 1. The summed E-state index contributed by atoms with van der Waals surface area (Å²) in [6, 6.07) is 5.87. The van der Waals surface area contributed by atoms with Gasteiger partial charge in [-0.25, -0.2) is 4.98 Å². The summed E-state index contributed by atoms with van der Waals surface area (Å²) in [4.78, 5) is 4.54. The minimum Gasteiger partial charge on any atom is -0.487 e. The molecule has 20 heavy (non-hydrogen) atoms. The fourth-order valence-corrected chi connectivity index (χ4v) is 2.91. The Morgan fingerprint density at radius 2 is 2.20 bits per heavy atom. The molecule has 0 bridgehead atoms. The zero-order chi connectivity index (χ0) is 14.5. The largest absolute Gasteiger partial charge is 0.487 e. The fraction of sp³-hybridized carbons (Fsp3) is 0.438. The second kappa shape index (κ2) is 6.86. The molecule has 0 radical (unpaired) electrons. The lowest BCUT2D eigenvalue weighted by molar-refractivity contribution is 0.189. The lowest BCUT2D eigenvalue weighted by atomic mass is 10.1. The van der Waals surface area contributed by atoms with Gasteiger partial charge in [-0.2, -0.15) is 0 Å². The van der Waals surface area contributed by atoms with Crippen LogP contribution in [0.1, 0.15) is 48.2 Å². The maximum absolute atomic E-state index is 9.81. The van der Waals surface area contributed by atoms with Crippen LogP contribution in [-0.4, -0.2) is 10.1 Å². The van der Waals surface area contributed by atoms with Crippen LogP contribution in [0.2, 0.25) is 0 Å². The van der Waals surface area contributed by atoms with E-state index in [1.165, 1.54) is 0 Å². The molecule has 108 valence electrons. The average molecular weight is 291 g/mol. The normalized spacial score (nSPS) is 12.4. The van der Waals surface area contributed by atoms with Gasteiger partial charge in [0.25, 0.3) is 0 Å². The third-order valence-electron chi connectivity index (χ3n) is 3.05. The first-order valence-electron chi connectivity index (χ1n) is 6.94. The Hall–Kier alpha value is -1.39. The summed E-state index contributed by atoms with van der Waals surface area (Å²) in [5.74, 6) is 0.732. The van der Waals surface area contributed by atoms with Crippen molar-refractivity contribution in [3.8, 4) is 5.75 Å². The first-order chi connectivity index (χ1) is 9.60. The first-order valence-corrected chi connectivity index (χ1v) is 7.82. The Bertz CT molecular complexity index is 563. The second-order valence-electron chi connectivity index (χ2n) is 4.99. The minimum atomic E-state index is -0.531. The molecule has 1 N–H and O–H groups in total. The number of hydrogen-bond acceptors (Lipinski definition) is 4. The predicted octanol–water partition coefficient (Wildman–Crippen LogP) is 4.04. The molecule has 0 aliphatic rings. The zero-order valence-corrected chi connectivity index (χ0v) is 13.0. The number of aryl methyl sites for hydroxylation is 2. The van der Waals surface area contributed by atoms with Crippen molar-refractivity contribution in [1.82, 2.24) is 4.98 Å². The molecule has 3 nitrogen and oxygen atoms in total. The summed E-state index contributed by atoms with van der Waals surface area (Å²) < 4.78 is 5.82. The monoisotopic (exact) mass is 291 g/mol. The topological polar surface area (TPSA) is 42.4 Å². The molecule has 1 aromatic carbocycles. The highest BCUT2D eigenvalue weighted by Crippen LogP contribution is 2.27. The van der Waals surface area contributed by atoms with Crippen LogP contribution >= 0.6 is 11.3 Å². The van der Waals surface area contributed by atoms with Gasteiger partial charge in [-0.15, -0.1) is 11.3 Å². The summed E-state index contributed by atoms with van der Waals surface area (Å²) in [6.07, 6.45) is 1.60. The molecule has 1 atom stereocenters. The Morgan fingerprint density at radius 1 is 1.40 bits per heavy atom. The Labute approximate surface area is 124 Å². The van der Waals surface area contributed by atoms with E-state index >= 15 is 0 Å². The number of hydrogen-bond donors (Lipinski definition) is 1. The molecule has 0 aliphatic carbocycles. The van der Waals surface area contributed by atoms with Gasteiger partial charge in [0.15, 0.2) is 0 Å². The number of ether oxygens (including phenoxy) is 1. The van der Waals surface area contributed by atoms with Crippen LogP contribution in [0.4, 0.5) is 0 Å². The highest BCUT2D eigenvalue weighted by molar-refractivity contribution is 7.09. The summed E-state index contributed by atoms with van der Waals surface area (Å²) in [5, 5.41) is 13.0. The lowest BCUT2D eigenvalue weighted by Gasteiger charge is -2.13. The van der Waals surface area contributed by atoms with E-state index in [1.807, 2.05) is 30.5 Å². The number of thiazole rings is 1. The molecule has 1 heterocycles. The van der Waals surface area contributed by atoms with Crippen molar-refractivity contribution in [3.63, 3.8) is 0 Å². The number of benzene rings is 1.